The van der Waals surface area contributed by atoms with E-state index in [-0.39, 0.29) is 23.7 Å². The van der Waals surface area contributed by atoms with E-state index in [1.54, 1.807) is 0 Å². The molecule has 0 radical (unpaired) electrons. The maximum absolute atomic E-state index is 11.4. The van der Waals surface area contributed by atoms with Crippen LogP contribution in [-0.2, 0) is 19.4 Å². The third-order valence-electron chi connectivity index (χ3n) is 3.48. The number of sulfone groups is 1. The third kappa shape index (κ3) is 3.66. The average molecular weight is 277 g/mol. The van der Waals surface area contributed by atoms with Crippen LogP contribution in [0.4, 0.5) is 0 Å². The number of ether oxygens (including phenoxy) is 1. The smallest absolute Gasteiger partial charge is 0.332 e. The van der Waals surface area contributed by atoms with Gasteiger partial charge >= 0.3 is 5.97 Å². The summed E-state index contributed by atoms with van der Waals surface area (Å²) >= 11 is 0. The number of hydrogen-bond acceptors (Lipinski definition) is 5. The first-order chi connectivity index (χ1) is 8.46. The van der Waals surface area contributed by atoms with Crippen molar-refractivity contribution in [3.8, 4) is 0 Å². The van der Waals surface area contributed by atoms with Crippen LogP contribution in [-0.4, -0.2) is 55.8 Å². The van der Waals surface area contributed by atoms with Crippen LogP contribution < -0.4 is 5.32 Å². The number of hydrogen-bond donors (Lipinski definition) is 2. The van der Waals surface area contributed by atoms with Crippen molar-refractivity contribution in [2.45, 2.75) is 43.9 Å². The van der Waals surface area contributed by atoms with Crippen molar-refractivity contribution in [3.05, 3.63) is 0 Å². The molecule has 0 spiro atoms. The molecule has 2 aliphatic rings. The minimum atomic E-state index is -2.90. The second-order valence-corrected chi connectivity index (χ2v) is 7.25. The molecule has 3 unspecified atom stereocenters. The van der Waals surface area contributed by atoms with Crippen molar-refractivity contribution >= 4 is 15.8 Å². The molecule has 2 fully saturated rings. The lowest BCUT2D eigenvalue weighted by Gasteiger charge is -2.24. The second-order valence-electron chi connectivity index (χ2n) is 5.02. The number of carboxylic acid groups (broad SMARTS) is 1. The number of carbonyl (C=O) groups is 1. The molecule has 0 aromatic heterocycles. The predicted molar refractivity (Wildman–Crippen MR) is 65.2 cm³/mol. The van der Waals surface area contributed by atoms with E-state index in [1.807, 2.05) is 0 Å². The van der Waals surface area contributed by atoms with Crippen LogP contribution in [0.3, 0.4) is 0 Å². The molecule has 2 aliphatic heterocycles. The fourth-order valence-corrected chi connectivity index (χ4v) is 4.19. The summed E-state index contributed by atoms with van der Waals surface area (Å²) in [6.07, 6.45) is 1.98. The van der Waals surface area contributed by atoms with Crippen molar-refractivity contribution in [1.29, 1.82) is 0 Å². The molecule has 3 atom stereocenters. The van der Waals surface area contributed by atoms with Crippen molar-refractivity contribution in [2.75, 3.05) is 18.1 Å². The van der Waals surface area contributed by atoms with Gasteiger partial charge in [-0.05, 0) is 25.7 Å². The quantitative estimate of drug-likeness (QED) is 0.738. The predicted octanol–water partition coefficient (Wildman–Crippen LogP) is -0.215. The van der Waals surface area contributed by atoms with Gasteiger partial charge in [-0.3, -0.25) is 0 Å². The van der Waals surface area contributed by atoms with Gasteiger partial charge in [-0.1, -0.05) is 0 Å². The summed E-state index contributed by atoms with van der Waals surface area (Å²) in [7, 11) is -2.90. The van der Waals surface area contributed by atoms with E-state index >= 15 is 0 Å². The zero-order valence-corrected chi connectivity index (χ0v) is 11.0. The molecule has 2 saturated heterocycles. The Kier molecular flexibility index (Phi) is 4.24. The first kappa shape index (κ1) is 13.8. The standard InChI is InChI=1S/C11H19NO5S/c13-11(14)10-4-3-9(17-10)6-12-8-2-1-5-18(15,16)7-8/h8-10,12H,1-7H2,(H,13,14). The van der Waals surface area contributed by atoms with Gasteiger partial charge in [0.1, 0.15) is 0 Å². The maximum atomic E-state index is 11.4. The van der Waals surface area contributed by atoms with Crippen LogP contribution in [0.2, 0.25) is 0 Å². The third-order valence-corrected chi connectivity index (χ3v) is 5.30. The summed E-state index contributed by atoms with van der Waals surface area (Å²) in [6.45, 7) is 0.532. The zero-order chi connectivity index (χ0) is 13.2. The Bertz CT molecular complexity index is 408. The molecule has 2 rings (SSSR count). The van der Waals surface area contributed by atoms with Crippen LogP contribution in [0, 0.1) is 0 Å². The van der Waals surface area contributed by atoms with E-state index in [1.165, 1.54) is 0 Å². The van der Waals surface area contributed by atoms with Gasteiger partial charge in [0.2, 0.25) is 0 Å². The SMILES string of the molecule is O=C(O)C1CCC(CNC2CCCS(=O)(=O)C2)O1. The van der Waals surface area contributed by atoms with E-state index in [0.717, 1.165) is 6.42 Å². The fraction of sp³-hybridized carbons (Fsp3) is 0.909. The Balaban J connectivity index is 1.74. The first-order valence-electron chi connectivity index (χ1n) is 6.28. The van der Waals surface area contributed by atoms with Crippen molar-refractivity contribution in [2.24, 2.45) is 0 Å². The molecule has 18 heavy (non-hydrogen) atoms. The highest BCUT2D eigenvalue weighted by molar-refractivity contribution is 7.91. The molecular weight excluding hydrogens is 258 g/mol. The van der Waals surface area contributed by atoms with Crippen molar-refractivity contribution in [3.63, 3.8) is 0 Å². The Hall–Kier alpha value is -0.660. The Morgan fingerprint density at radius 3 is 2.72 bits per heavy atom. The van der Waals surface area contributed by atoms with Crippen LogP contribution >= 0.6 is 0 Å². The van der Waals surface area contributed by atoms with Gasteiger partial charge in [0.25, 0.3) is 0 Å². The zero-order valence-electron chi connectivity index (χ0n) is 10.2. The van der Waals surface area contributed by atoms with E-state index in [0.29, 0.717) is 25.8 Å². The minimum Gasteiger partial charge on any atom is -0.479 e. The van der Waals surface area contributed by atoms with Gasteiger partial charge in [0, 0.05) is 12.6 Å². The number of rotatable bonds is 4. The molecule has 0 aromatic carbocycles. The molecular formula is C11H19NO5S. The van der Waals surface area contributed by atoms with E-state index in [9.17, 15) is 13.2 Å². The molecule has 7 heteroatoms. The normalized spacial score (nSPS) is 35.4. The highest BCUT2D eigenvalue weighted by Crippen LogP contribution is 2.20. The van der Waals surface area contributed by atoms with E-state index in [2.05, 4.69) is 5.32 Å². The topological polar surface area (TPSA) is 92.7 Å². The molecule has 0 aliphatic carbocycles. The lowest BCUT2D eigenvalue weighted by molar-refractivity contribution is -0.149. The summed E-state index contributed by atoms with van der Waals surface area (Å²) in [5.74, 6) is -0.452. The van der Waals surface area contributed by atoms with Gasteiger partial charge in [0.05, 0.1) is 17.6 Å². The summed E-state index contributed by atoms with van der Waals surface area (Å²) in [5.41, 5.74) is 0. The van der Waals surface area contributed by atoms with Crippen LogP contribution in [0.1, 0.15) is 25.7 Å². The summed E-state index contributed by atoms with van der Waals surface area (Å²) in [4.78, 5) is 10.7. The average Bonchev–Trinajstić information content (AvgIpc) is 2.74. The largest absolute Gasteiger partial charge is 0.479 e. The second kappa shape index (κ2) is 5.54. The minimum absolute atomic E-state index is 0.0174. The summed E-state index contributed by atoms with van der Waals surface area (Å²) in [6, 6.07) is -0.0174. The Labute approximate surface area is 107 Å². The van der Waals surface area contributed by atoms with Crippen LogP contribution in [0.25, 0.3) is 0 Å². The van der Waals surface area contributed by atoms with Gasteiger partial charge < -0.3 is 15.2 Å². The first-order valence-corrected chi connectivity index (χ1v) is 8.10. The number of carboxylic acids is 1. The van der Waals surface area contributed by atoms with Crippen LogP contribution in [0.15, 0.2) is 0 Å². The fourth-order valence-electron chi connectivity index (χ4n) is 2.52. The van der Waals surface area contributed by atoms with Gasteiger partial charge in [0.15, 0.2) is 15.9 Å². The Morgan fingerprint density at radius 2 is 2.11 bits per heavy atom. The molecule has 2 N–H and O–H groups in total. The lowest BCUT2D eigenvalue weighted by atomic mass is 10.1. The van der Waals surface area contributed by atoms with E-state index < -0.39 is 21.9 Å². The van der Waals surface area contributed by atoms with Crippen molar-refractivity contribution < 1.29 is 23.1 Å². The molecule has 104 valence electrons. The lowest BCUT2D eigenvalue weighted by Crippen LogP contribution is -2.43. The summed E-state index contributed by atoms with van der Waals surface area (Å²) in [5, 5.41) is 12.0. The van der Waals surface area contributed by atoms with Crippen molar-refractivity contribution in [1.82, 2.24) is 5.32 Å². The Morgan fingerprint density at radius 1 is 1.33 bits per heavy atom. The molecule has 0 aromatic rings. The molecule has 6 nitrogen and oxygen atoms in total. The maximum Gasteiger partial charge on any atom is 0.332 e. The monoisotopic (exact) mass is 277 g/mol. The molecule has 0 amide bonds. The molecule has 2 heterocycles. The number of aliphatic carboxylic acids is 1. The van der Waals surface area contributed by atoms with E-state index in [4.69, 9.17) is 9.84 Å². The highest BCUT2D eigenvalue weighted by atomic mass is 32.2. The summed E-state index contributed by atoms with van der Waals surface area (Å²) < 4.78 is 28.3. The van der Waals surface area contributed by atoms with Gasteiger partial charge in [-0.2, -0.15) is 0 Å². The van der Waals surface area contributed by atoms with Crippen LogP contribution in [0.5, 0.6) is 0 Å². The van der Waals surface area contributed by atoms with Gasteiger partial charge in [-0.15, -0.1) is 0 Å². The highest BCUT2D eigenvalue weighted by Gasteiger charge is 2.31. The molecule has 0 saturated carbocycles. The van der Waals surface area contributed by atoms with Gasteiger partial charge in [-0.25, -0.2) is 13.2 Å². The number of nitrogens with one attached hydrogen (secondary N) is 1. The molecule has 0 bridgehead atoms.